The fourth-order valence-corrected chi connectivity index (χ4v) is 4.28. The van der Waals surface area contributed by atoms with E-state index in [1.165, 1.54) is 10.9 Å². The minimum Gasteiger partial charge on any atom is -0.387 e. The van der Waals surface area contributed by atoms with Crippen molar-refractivity contribution in [2.24, 2.45) is 0 Å². The maximum absolute atomic E-state index is 10.3. The molecule has 5 heteroatoms. The van der Waals surface area contributed by atoms with E-state index in [1.54, 1.807) is 23.5 Å². The Bertz CT molecular complexity index is 833. The fraction of sp³-hybridized carbons (Fsp3) is 0.263. The molecule has 2 unspecified atom stereocenters. The third-order valence-electron chi connectivity index (χ3n) is 4.05. The smallest absolute Gasteiger partial charge is 0.0914 e. The molecule has 0 fully saturated rings. The van der Waals surface area contributed by atoms with E-state index in [0.717, 1.165) is 21.7 Å². The molecule has 0 saturated carbocycles. The first kappa shape index (κ1) is 17.7. The molecule has 2 N–H and O–H groups in total. The van der Waals surface area contributed by atoms with E-state index >= 15 is 0 Å². The van der Waals surface area contributed by atoms with E-state index < -0.39 is 6.10 Å². The van der Waals surface area contributed by atoms with E-state index in [-0.39, 0.29) is 6.04 Å². The number of thiophene rings is 1. The molecule has 0 aliphatic carbocycles. The van der Waals surface area contributed by atoms with Crippen LogP contribution in [0.2, 0.25) is 10.0 Å². The maximum atomic E-state index is 10.3. The fourth-order valence-electron chi connectivity index (χ4n) is 2.78. The lowest BCUT2D eigenvalue weighted by atomic mass is 10.1. The molecule has 2 nitrogen and oxygen atoms in total. The SMILES string of the molecule is CC(Cc1csc2c(Cl)cccc12)NCC(O)c1cccc(Cl)c1. The van der Waals surface area contributed by atoms with Gasteiger partial charge in [-0.3, -0.25) is 0 Å². The number of aliphatic hydroxyl groups excluding tert-OH is 1. The standard InChI is InChI=1S/C19H19Cl2NOS/c1-12(22-10-18(23)13-4-2-5-15(20)9-13)8-14-11-24-19-16(14)6-3-7-17(19)21/h2-7,9,11-12,18,22-23H,8,10H2,1H3. The zero-order valence-corrected chi connectivity index (χ0v) is 15.6. The van der Waals surface area contributed by atoms with Crippen molar-refractivity contribution in [2.75, 3.05) is 6.54 Å². The first-order chi connectivity index (χ1) is 11.5. The second-order valence-corrected chi connectivity index (χ2v) is 7.68. The monoisotopic (exact) mass is 379 g/mol. The number of halogens is 2. The van der Waals surface area contributed by atoms with Crippen molar-refractivity contribution >= 4 is 44.6 Å². The predicted molar refractivity (Wildman–Crippen MR) is 104 cm³/mol. The first-order valence-electron chi connectivity index (χ1n) is 7.86. The Balaban J connectivity index is 1.61. The van der Waals surface area contributed by atoms with Gasteiger partial charge in [-0.1, -0.05) is 47.5 Å². The minimum atomic E-state index is -0.570. The average Bonchev–Trinajstić information content (AvgIpc) is 2.97. The Morgan fingerprint density at radius 2 is 1.96 bits per heavy atom. The van der Waals surface area contributed by atoms with Gasteiger partial charge in [0.2, 0.25) is 0 Å². The van der Waals surface area contributed by atoms with Crippen LogP contribution in [0.5, 0.6) is 0 Å². The summed E-state index contributed by atoms with van der Waals surface area (Å²) in [6, 6.07) is 13.6. The van der Waals surface area contributed by atoms with Gasteiger partial charge in [0.25, 0.3) is 0 Å². The zero-order valence-electron chi connectivity index (χ0n) is 13.3. The van der Waals surface area contributed by atoms with Crippen molar-refractivity contribution in [3.05, 3.63) is 69.0 Å². The lowest BCUT2D eigenvalue weighted by molar-refractivity contribution is 0.170. The van der Waals surface area contributed by atoms with E-state index in [2.05, 4.69) is 23.7 Å². The number of aliphatic hydroxyl groups is 1. The third-order valence-corrected chi connectivity index (χ3v) is 5.79. The van der Waals surface area contributed by atoms with Gasteiger partial charge in [0, 0.05) is 17.6 Å². The highest BCUT2D eigenvalue weighted by Gasteiger charge is 2.13. The summed E-state index contributed by atoms with van der Waals surface area (Å²) in [6.07, 6.45) is 0.322. The topological polar surface area (TPSA) is 32.3 Å². The molecule has 0 aliphatic heterocycles. The Hall–Kier alpha value is -1.10. The number of fused-ring (bicyclic) bond motifs is 1. The molecule has 24 heavy (non-hydrogen) atoms. The van der Waals surface area contributed by atoms with Crippen LogP contribution in [0.25, 0.3) is 10.1 Å². The summed E-state index contributed by atoms with van der Waals surface area (Å²) >= 11 is 13.9. The third kappa shape index (κ3) is 4.11. The molecule has 3 rings (SSSR count). The number of hydrogen-bond acceptors (Lipinski definition) is 3. The summed E-state index contributed by atoms with van der Waals surface area (Å²) in [5.74, 6) is 0. The van der Waals surface area contributed by atoms with E-state index in [1.807, 2.05) is 24.3 Å². The van der Waals surface area contributed by atoms with Crippen LogP contribution < -0.4 is 5.32 Å². The van der Waals surface area contributed by atoms with Crippen molar-refractivity contribution < 1.29 is 5.11 Å². The lowest BCUT2D eigenvalue weighted by Crippen LogP contribution is -2.32. The Kier molecular flexibility index (Phi) is 5.80. The molecule has 1 heterocycles. The second-order valence-electron chi connectivity index (χ2n) is 5.96. The first-order valence-corrected chi connectivity index (χ1v) is 9.49. The molecule has 126 valence electrons. The lowest BCUT2D eigenvalue weighted by Gasteiger charge is -2.17. The van der Waals surface area contributed by atoms with Gasteiger partial charge in [-0.2, -0.15) is 0 Å². The molecule has 0 spiro atoms. The number of hydrogen-bond donors (Lipinski definition) is 2. The van der Waals surface area contributed by atoms with Crippen molar-refractivity contribution in [1.82, 2.24) is 5.32 Å². The molecular formula is C19H19Cl2NOS. The highest BCUT2D eigenvalue weighted by molar-refractivity contribution is 7.18. The molecule has 1 aromatic heterocycles. The Morgan fingerprint density at radius 3 is 2.75 bits per heavy atom. The van der Waals surface area contributed by atoms with E-state index in [0.29, 0.717) is 11.6 Å². The zero-order chi connectivity index (χ0) is 17.1. The predicted octanol–water partition coefficient (Wildman–Crippen LogP) is 5.46. The van der Waals surface area contributed by atoms with Gasteiger partial charge in [0.05, 0.1) is 15.8 Å². The van der Waals surface area contributed by atoms with Crippen LogP contribution in [0.1, 0.15) is 24.2 Å². The summed E-state index contributed by atoms with van der Waals surface area (Å²) < 4.78 is 1.14. The van der Waals surface area contributed by atoms with Crippen LogP contribution in [0.15, 0.2) is 47.8 Å². The summed E-state index contributed by atoms with van der Waals surface area (Å²) in [4.78, 5) is 0. The molecule has 2 atom stereocenters. The van der Waals surface area contributed by atoms with Crippen LogP contribution in [-0.4, -0.2) is 17.7 Å². The Labute approximate surface area is 156 Å². The second kappa shape index (κ2) is 7.85. The average molecular weight is 380 g/mol. The van der Waals surface area contributed by atoms with Crippen LogP contribution in [0.3, 0.4) is 0 Å². The Morgan fingerprint density at radius 1 is 1.17 bits per heavy atom. The van der Waals surface area contributed by atoms with Crippen LogP contribution in [0.4, 0.5) is 0 Å². The van der Waals surface area contributed by atoms with Gasteiger partial charge in [0.15, 0.2) is 0 Å². The largest absolute Gasteiger partial charge is 0.387 e. The van der Waals surface area contributed by atoms with Gasteiger partial charge in [0.1, 0.15) is 0 Å². The summed E-state index contributed by atoms with van der Waals surface area (Å²) in [7, 11) is 0. The van der Waals surface area contributed by atoms with Crippen molar-refractivity contribution in [3.8, 4) is 0 Å². The highest BCUT2D eigenvalue weighted by Crippen LogP contribution is 2.32. The van der Waals surface area contributed by atoms with Crippen molar-refractivity contribution in [3.63, 3.8) is 0 Å². The van der Waals surface area contributed by atoms with Crippen molar-refractivity contribution in [2.45, 2.75) is 25.5 Å². The van der Waals surface area contributed by atoms with Gasteiger partial charge >= 0.3 is 0 Å². The molecule has 3 aromatic rings. The van der Waals surface area contributed by atoms with Gasteiger partial charge in [-0.05, 0) is 53.4 Å². The van der Waals surface area contributed by atoms with E-state index in [9.17, 15) is 5.11 Å². The summed E-state index contributed by atoms with van der Waals surface area (Å²) in [5, 5.41) is 18.5. The van der Waals surface area contributed by atoms with Crippen LogP contribution in [-0.2, 0) is 6.42 Å². The quantitative estimate of drug-likeness (QED) is 0.595. The maximum Gasteiger partial charge on any atom is 0.0914 e. The highest BCUT2D eigenvalue weighted by atomic mass is 35.5. The normalized spacial score (nSPS) is 14.0. The molecule has 0 bridgehead atoms. The number of nitrogens with one attached hydrogen (secondary N) is 1. The number of rotatable bonds is 6. The van der Waals surface area contributed by atoms with Gasteiger partial charge in [-0.15, -0.1) is 11.3 Å². The van der Waals surface area contributed by atoms with Gasteiger partial charge in [-0.25, -0.2) is 0 Å². The number of benzene rings is 2. The summed E-state index contributed by atoms with van der Waals surface area (Å²) in [6.45, 7) is 2.61. The molecule has 0 amide bonds. The van der Waals surface area contributed by atoms with Crippen molar-refractivity contribution in [1.29, 1.82) is 0 Å². The van der Waals surface area contributed by atoms with Crippen LogP contribution >= 0.6 is 34.5 Å². The molecule has 0 aliphatic rings. The molecule has 2 aromatic carbocycles. The van der Waals surface area contributed by atoms with E-state index in [4.69, 9.17) is 23.2 Å². The van der Waals surface area contributed by atoms with Gasteiger partial charge < -0.3 is 10.4 Å². The van der Waals surface area contributed by atoms with Crippen LogP contribution in [0, 0.1) is 0 Å². The minimum absolute atomic E-state index is 0.246. The molecule has 0 radical (unpaired) electrons. The molecule has 0 saturated heterocycles. The summed E-state index contributed by atoms with van der Waals surface area (Å²) in [5.41, 5.74) is 2.12. The molecular weight excluding hydrogens is 361 g/mol.